The van der Waals surface area contributed by atoms with E-state index in [2.05, 4.69) is 66.4 Å². The van der Waals surface area contributed by atoms with Crippen LogP contribution in [-0.2, 0) is 13.1 Å². The van der Waals surface area contributed by atoms with Crippen LogP contribution in [0.2, 0.25) is 0 Å². The smallest absolute Gasteiger partial charge is 0.0540 e. The van der Waals surface area contributed by atoms with Crippen LogP contribution in [-0.4, -0.2) is 23.7 Å². The minimum absolute atomic E-state index is 0.128. The molecular weight excluding hydrogens is 278 g/mol. The molecule has 0 bridgehead atoms. The Hall–Kier alpha value is -1.60. The van der Waals surface area contributed by atoms with E-state index in [1.807, 2.05) is 0 Å². The molecule has 0 unspecified atom stereocenters. The molecule has 1 aromatic heterocycles. The van der Waals surface area contributed by atoms with Gasteiger partial charge in [0.1, 0.15) is 0 Å². The van der Waals surface area contributed by atoms with Gasteiger partial charge < -0.3 is 5.11 Å². The van der Waals surface area contributed by atoms with E-state index in [1.165, 1.54) is 16.0 Å². The number of aliphatic hydroxyl groups excluding tert-OH is 1. The predicted octanol–water partition coefficient (Wildman–Crippen LogP) is 3.42. The highest BCUT2D eigenvalue weighted by atomic mass is 32.1. The lowest BCUT2D eigenvalue weighted by atomic mass is 10.1. The Kier molecular flexibility index (Phi) is 6.01. The fraction of sp³-hybridized carbons (Fsp3) is 0.333. The molecule has 1 N–H and O–H groups in total. The average molecular weight is 299 g/mol. The van der Waals surface area contributed by atoms with Gasteiger partial charge in [0.05, 0.1) is 6.61 Å². The van der Waals surface area contributed by atoms with E-state index in [1.54, 1.807) is 11.3 Å². The molecule has 2 aromatic rings. The van der Waals surface area contributed by atoms with Crippen molar-refractivity contribution >= 4 is 11.3 Å². The van der Waals surface area contributed by atoms with Crippen molar-refractivity contribution in [1.82, 2.24) is 4.90 Å². The third kappa shape index (κ3) is 5.02. The van der Waals surface area contributed by atoms with Crippen molar-refractivity contribution in [2.24, 2.45) is 0 Å². The molecular formula is C18H21NOS. The van der Waals surface area contributed by atoms with Crippen molar-refractivity contribution < 1.29 is 5.11 Å². The van der Waals surface area contributed by atoms with Crippen LogP contribution in [0.4, 0.5) is 0 Å². The first-order valence-electron chi connectivity index (χ1n) is 7.09. The van der Waals surface area contributed by atoms with Crippen molar-refractivity contribution in [3.8, 4) is 11.8 Å². The molecule has 110 valence electrons. The fourth-order valence-corrected chi connectivity index (χ4v) is 3.05. The summed E-state index contributed by atoms with van der Waals surface area (Å²) >= 11 is 1.74. The minimum Gasteiger partial charge on any atom is -0.395 e. The van der Waals surface area contributed by atoms with Crippen LogP contribution in [0.5, 0.6) is 0 Å². The molecule has 2 nitrogen and oxygen atoms in total. The van der Waals surface area contributed by atoms with E-state index >= 15 is 0 Å². The third-order valence-corrected chi connectivity index (χ3v) is 4.17. The van der Waals surface area contributed by atoms with Crippen molar-refractivity contribution in [2.45, 2.75) is 26.4 Å². The summed E-state index contributed by atoms with van der Waals surface area (Å²) in [5.41, 5.74) is 3.76. The second-order valence-corrected chi connectivity index (χ2v) is 6.17. The van der Waals surface area contributed by atoms with Gasteiger partial charge in [-0.25, -0.2) is 0 Å². The summed E-state index contributed by atoms with van der Waals surface area (Å²) in [6, 6.07) is 10.7. The number of hydrogen-bond acceptors (Lipinski definition) is 3. The Bertz CT molecular complexity index is 636. The van der Waals surface area contributed by atoms with Crippen LogP contribution >= 0.6 is 11.3 Å². The zero-order valence-electron chi connectivity index (χ0n) is 12.6. The fourth-order valence-electron chi connectivity index (χ4n) is 2.15. The Balaban J connectivity index is 1.93. The van der Waals surface area contributed by atoms with E-state index in [0.717, 1.165) is 18.7 Å². The van der Waals surface area contributed by atoms with Crippen LogP contribution in [0.3, 0.4) is 0 Å². The van der Waals surface area contributed by atoms with E-state index in [4.69, 9.17) is 5.11 Å². The Morgan fingerprint density at radius 3 is 2.81 bits per heavy atom. The average Bonchev–Trinajstić information content (AvgIpc) is 2.89. The highest BCUT2D eigenvalue weighted by Crippen LogP contribution is 2.17. The molecule has 0 aliphatic carbocycles. The zero-order valence-corrected chi connectivity index (χ0v) is 13.4. The molecule has 0 aliphatic heterocycles. The Labute approximate surface area is 131 Å². The molecule has 2 rings (SSSR count). The minimum atomic E-state index is 0.128. The molecule has 21 heavy (non-hydrogen) atoms. The highest BCUT2D eigenvalue weighted by Gasteiger charge is 2.05. The van der Waals surface area contributed by atoms with E-state index in [0.29, 0.717) is 6.42 Å². The van der Waals surface area contributed by atoms with Gasteiger partial charge in [-0.1, -0.05) is 36.1 Å². The number of rotatable bonds is 5. The lowest BCUT2D eigenvalue weighted by Crippen LogP contribution is -2.17. The number of aliphatic hydroxyl groups is 1. The van der Waals surface area contributed by atoms with Crippen LogP contribution in [0.15, 0.2) is 35.7 Å². The highest BCUT2D eigenvalue weighted by molar-refractivity contribution is 7.10. The SMILES string of the molecule is Cc1ccccc1CN(C)Cc1cc(C#CCCO)cs1. The van der Waals surface area contributed by atoms with Gasteiger partial charge in [-0.05, 0) is 31.2 Å². The first-order chi connectivity index (χ1) is 10.2. The van der Waals surface area contributed by atoms with Gasteiger partial charge in [0.15, 0.2) is 0 Å². The maximum atomic E-state index is 8.72. The van der Waals surface area contributed by atoms with Gasteiger partial charge in [0.25, 0.3) is 0 Å². The maximum Gasteiger partial charge on any atom is 0.0540 e. The van der Waals surface area contributed by atoms with E-state index in [-0.39, 0.29) is 6.61 Å². The molecule has 3 heteroatoms. The molecule has 0 fully saturated rings. The van der Waals surface area contributed by atoms with Gasteiger partial charge in [0.2, 0.25) is 0 Å². The van der Waals surface area contributed by atoms with Crippen LogP contribution in [0.1, 0.15) is 28.0 Å². The Morgan fingerprint density at radius 2 is 2.05 bits per heavy atom. The molecule has 0 radical (unpaired) electrons. The second-order valence-electron chi connectivity index (χ2n) is 5.18. The number of aryl methyl sites for hydroxylation is 1. The molecule has 0 saturated carbocycles. The molecule has 1 heterocycles. The first-order valence-corrected chi connectivity index (χ1v) is 7.97. The van der Waals surface area contributed by atoms with Crippen molar-refractivity contribution in [1.29, 1.82) is 0 Å². The van der Waals surface area contributed by atoms with Crippen LogP contribution < -0.4 is 0 Å². The summed E-state index contributed by atoms with van der Waals surface area (Å²) in [5.74, 6) is 6.04. The molecule has 1 aromatic carbocycles. The van der Waals surface area contributed by atoms with Crippen molar-refractivity contribution in [3.63, 3.8) is 0 Å². The van der Waals surface area contributed by atoms with Gasteiger partial charge in [0, 0.05) is 35.3 Å². The van der Waals surface area contributed by atoms with Gasteiger partial charge in [-0.2, -0.15) is 0 Å². The Morgan fingerprint density at radius 1 is 1.24 bits per heavy atom. The van der Waals surface area contributed by atoms with Crippen molar-refractivity contribution in [2.75, 3.05) is 13.7 Å². The van der Waals surface area contributed by atoms with Crippen LogP contribution in [0, 0.1) is 18.8 Å². The zero-order chi connectivity index (χ0) is 15.1. The number of hydrogen-bond donors (Lipinski definition) is 1. The lowest BCUT2D eigenvalue weighted by molar-refractivity contribution is 0.305. The van der Waals surface area contributed by atoms with E-state index < -0.39 is 0 Å². The standard InChI is InChI=1S/C18H21NOS/c1-15-7-3-4-9-17(15)12-19(2)13-18-11-16(14-21-18)8-5-6-10-20/h3-4,7,9,11,14,20H,6,10,12-13H2,1-2H3. The monoisotopic (exact) mass is 299 g/mol. The number of nitrogens with zero attached hydrogens (tertiary/aromatic N) is 1. The summed E-state index contributed by atoms with van der Waals surface area (Å²) in [7, 11) is 2.14. The summed E-state index contributed by atoms with van der Waals surface area (Å²) in [6.07, 6.45) is 0.540. The molecule has 0 saturated heterocycles. The summed E-state index contributed by atoms with van der Waals surface area (Å²) in [5, 5.41) is 10.8. The molecule has 0 spiro atoms. The van der Waals surface area contributed by atoms with E-state index in [9.17, 15) is 0 Å². The first kappa shape index (κ1) is 15.8. The molecule has 0 amide bonds. The normalized spacial score (nSPS) is 10.5. The number of benzene rings is 1. The summed E-state index contributed by atoms with van der Waals surface area (Å²) < 4.78 is 0. The van der Waals surface area contributed by atoms with Gasteiger partial charge in [-0.3, -0.25) is 4.90 Å². The van der Waals surface area contributed by atoms with Crippen LogP contribution in [0.25, 0.3) is 0 Å². The van der Waals surface area contributed by atoms with Crippen molar-refractivity contribution in [3.05, 3.63) is 57.3 Å². The lowest BCUT2D eigenvalue weighted by Gasteiger charge is -2.17. The maximum absolute atomic E-state index is 8.72. The van der Waals surface area contributed by atoms with Gasteiger partial charge in [-0.15, -0.1) is 11.3 Å². The molecule has 0 aliphatic rings. The summed E-state index contributed by atoms with van der Waals surface area (Å²) in [6.45, 7) is 4.17. The largest absolute Gasteiger partial charge is 0.395 e. The number of thiophene rings is 1. The quantitative estimate of drug-likeness (QED) is 0.855. The molecule has 0 atom stereocenters. The summed E-state index contributed by atoms with van der Waals surface area (Å²) in [4.78, 5) is 3.64. The predicted molar refractivity (Wildman–Crippen MR) is 89.2 cm³/mol. The topological polar surface area (TPSA) is 23.5 Å². The van der Waals surface area contributed by atoms with Gasteiger partial charge >= 0.3 is 0 Å². The second kappa shape index (κ2) is 7.99. The third-order valence-electron chi connectivity index (χ3n) is 3.25.